The summed E-state index contributed by atoms with van der Waals surface area (Å²) in [5.74, 6) is 0.302. The lowest BCUT2D eigenvalue weighted by Gasteiger charge is -2.21. The van der Waals surface area contributed by atoms with Gasteiger partial charge in [0.15, 0.2) is 0 Å². The molecule has 2 heterocycles. The maximum Gasteiger partial charge on any atom is 0.233 e. The highest BCUT2D eigenvalue weighted by Gasteiger charge is 2.28. The summed E-state index contributed by atoms with van der Waals surface area (Å²) in [5, 5.41) is 17.9. The summed E-state index contributed by atoms with van der Waals surface area (Å²) in [5.41, 5.74) is 1.53. The Morgan fingerprint density at radius 2 is 2.50 bits per heavy atom. The van der Waals surface area contributed by atoms with Crippen LogP contribution >= 0.6 is 11.3 Å². The Hall–Kier alpha value is -2.13. The molecular weight excluding hydrogens is 272 g/mol. The van der Waals surface area contributed by atoms with E-state index < -0.39 is 0 Å². The first-order chi connectivity index (χ1) is 9.70. The quantitative estimate of drug-likeness (QED) is 0.921. The van der Waals surface area contributed by atoms with Gasteiger partial charge in [0.25, 0.3) is 0 Å². The van der Waals surface area contributed by atoms with Gasteiger partial charge in [0.1, 0.15) is 17.5 Å². The zero-order valence-corrected chi connectivity index (χ0v) is 11.9. The van der Waals surface area contributed by atoms with E-state index in [0.717, 1.165) is 24.8 Å². The van der Waals surface area contributed by atoms with E-state index in [1.807, 2.05) is 17.5 Å². The molecule has 6 heteroatoms. The second-order valence-electron chi connectivity index (χ2n) is 4.88. The number of fused-ring (bicyclic) bond motifs is 1. The van der Waals surface area contributed by atoms with E-state index in [1.54, 1.807) is 18.4 Å². The molecule has 0 aromatic carbocycles. The predicted molar refractivity (Wildman–Crippen MR) is 76.6 cm³/mol. The number of carbonyl (C=O) groups excluding carboxylic acids is 1. The number of nitrogens with one attached hydrogen (secondary N) is 1. The largest absolute Gasteiger partial charge is 0.309 e. The van der Waals surface area contributed by atoms with Gasteiger partial charge in [0, 0.05) is 11.9 Å². The van der Waals surface area contributed by atoms with E-state index in [2.05, 4.69) is 10.4 Å². The molecule has 102 valence electrons. The molecule has 0 fully saturated rings. The van der Waals surface area contributed by atoms with Crippen molar-refractivity contribution in [1.82, 2.24) is 9.78 Å². The second-order valence-corrected chi connectivity index (χ2v) is 5.88. The average molecular weight is 286 g/mol. The molecule has 1 N–H and O–H groups in total. The Balaban J connectivity index is 1.85. The van der Waals surface area contributed by atoms with Crippen molar-refractivity contribution in [3.8, 4) is 6.07 Å². The van der Waals surface area contributed by atoms with Gasteiger partial charge in [-0.1, -0.05) is 0 Å². The Labute approximate surface area is 120 Å². The molecule has 0 saturated heterocycles. The fourth-order valence-electron chi connectivity index (χ4n) is 2.63. The van der Waals surface area contributed by atoms with Crippen LogP contribution in [0.1, 0.15) is 34.8 Å². The molecule has 2 aromatic rings. The minimum atomic E-state index is -0.119. The van der Waals surface area contributed by atoms with Crippen LogP contribution in [0.3, 0.4) is 0 Å². The Morgan fingerprint density at radius 1 is 1.65 bits per heavy atom. The maximum absolute atomic E-state index is 12.5. The second kappa shape index (κ2) is 5.10. The smallest absolute Gasteiger partial charge is 0.233 e. The number of amides is 1. The lowest BCUT2D eigenvalue weighted by atomic mass is 9.87. The number of hydrogen-bond donors (Lipinski definition) is 1. The van der Waals surface area contributed by atoms with Crippen LogP contribution in [-0.4, -0.2) is 15.7 Å². The molecule has 20 heavy (non-hydrogen) atoms. The Kier molecular flexibility index (Phi) is 3.28. The van der Waals surface area contributed by atoms with E-state index >= 15 is 0 Å². The number of anilines is 1. The van der Waals surface area contributed by atoms with Crippen molar-refractivity contribution in [1.29, 1.82) is 5.26 Å². The topological polar surface area (TPSA) is 70.7 Å². The van der Waals surface area contributed by atoms with Gasteiger partial charge in [-0.3, -0.25) is 9.48 Å². The lowest BCUT2D eigenvalue weighted by Crippen LogP contribution is -2.25. The van der Waals surface area contributed by atoms with E-state index in [4.69, 9.17) is 5.26 Å². The third kappa shape index (κ3) is 2.10. The minimum absolute atomic E-state index is 0.0514. The number of nitrogens with zero attached hydrogens (tertiary/aromatic N) is 3. The van der Waals surface area contributed by atoms with E-state index in [1.165, 1.54) is 15.8 Å². The van der Waals surface area contributed by atoms with Gasteiger partial charge < -0.3 is 5.32 Å². The van der Waals surface area contributed by atoms with Gasteiger partial charge in [-0.25, -0.2) is 0 Å². The molecule has 0 bridgehead atoms. The van der Waals surface area contributed by atoms with Gasteiger partial charge >= 0.3 is 0 Å². The molecule has 1 aliphatic carbocycles. The number of nitriles is 1. The molecule has 0 radical (unpaired) electrons. The molecule has 1 unspecified atom stereocenters. The third-order valence-corrected chi connectivity index (χ3v) is 4.67. The first-order valence-corrected chi connectivity index (χ1v) is 7.38. The van der Waals surface area contributed by atoms with Crippen LogP contribution in [0.2, 0.25) is 0 Å². The highest BCUT2D eigenvalue weighted by Crippen LogP contribution is 2.35. The fraction of sp³-hybridized carbons (Fsp3) is 0.357. The number of aryl methyl sites for hydroxylation is 2. The van der Waals surface area contributed by atoms with E-state index in [-0.39, 0.29) is 11.8 Å². The van der Waals surface area contributed by atoms with Crippen LogP contribution in [0.25, 0.3) is 0 Å². The normalized spacial score (nSPS) is 17.3. The standard InChI is InChI=1S/C14H14N4OS/c1-18-13(9(7-15)8-16-18)17-14(19)11-3-2-4-12-10(11)5-6-20-12/h5-6,8,11H,2-4H2,1H3,(H,17,19). The van der Waals surface area contributed by atoms with Crippen molar-refractivity contribution < 1.29 is 4.79 Å². The number of rotatable bonds is 2. The molecular formula is C14H14N4OS. The summed E-state index contributed by atoms with van der Waals surface area (Å²) < 4.78 is 1.52. The van der Waals surface area contributed by atoms with Crippen LogP contribution in [-0.2, 0) is 18.3 Å². The zero-order chi connectivity index (χ0) is 14.1. The lowest BCUT2D eigenvalue weighted by molar-refractivity contribution is -0.117. The molecule has 0 aliphatic heterocycles. The minimum Gasteiger partial charge on any atom is -0.309 e. The average Bonchev–Trinajstić information content (AvgIpc) is 3.06. The van der Waals surface area contributed by atoms with Crippen LogP contribution in [0.15, 0.2) is 17.6 Å². The molecule has 1 atom stereocenters. The summed E-state index contributed by atoms with van der Waals surface area (Å²) in [7, 11) is 1.72. The van der Waals surface area contributed by atoms with Crippen molar-refractivity contribution >= 4 is 23.1 Å². The zero-order valence-electron chi connectivity index (χ0n) is 11.1. The summed E-state index contributed by atoms with van der Waals surface area (Å²) in [4.78, 5) is 13.8. The third-order valence-electron chi connectivity index (χ3n) is 3.67. The van der Waals surface area contributed by atoms with E-state index in [0.29, 0.717) is 11.4 Å². The summed E-state index contributed by atoms with van der Waals surface area (Å²) in [6.45, 7) is 0. The molecule has 1 amide bonds. The fourth-order valence-corrected chi connectivity index (χ4v) is 3.62. The summed E-state index contributed by atoms with van der Waals surface area (Å²) in [6, 6.07) is 4.08. The van der Waals surface area contributed by atoms with Crippen LogP contribution in [0.5, 0.6) is 0 Å². The van der Waals surface area contributed by atoms with Crippen molar-refractivity contribution in [3.05, 3.63) is 33.6 Å². The number of hydrogen-bond acceptors (Lipinski definition) is 4. The highest BCUT2D eigenvalue weighted by atomic mass is 32.1. The monoisotopic (exact) mass is 286 g/mol. The first-order valence-electron chi connectivity index (χ1n) is 6.50. The molecule has 0 saturated carbocycles. The molecule has 1 aliphatic rings. The number of aromatic nitrogens is 2. The molecule has 3 rings (SSSR count). The van der Waals surface area contributed by atoms with Crippen LogP contribution < -0.4 is 5.32 Å². The predicted octanol–water partition coefficient (Wildman–Crippen LogP) is 2.41. The first kappa shape index (κ1) is 12.9. The van der Waals surface area contributed by atoms with Crippen LogP contribution in [0, 0.1) is 11.3 Å². The highest BCUT2D eigenvalue weighted by molar-refractivity contribution is 7.10. The van der Waals surface area contributed by atoms with Crippen molar-refractivity contribution in [2.45, 2.75) is 25.2 Å². The van der Waals surface area contributed by atoms with Gasteiger partial charge in [0.05, 0.1) is 12.1 Å². The van der Waals surface area contributed by atoms with E-state index in [9.17, 15) is 4.79 Å². The van der Waals surface area contributed by atoms with Crippen molar-refractivity contribution in [3.63, 3.8) is 0 Å². The summed E-state index contributed by atoms with van der Waals surface area (Å²) >= 11 is 1.72. The van der Waals surface area contributed by atoms with Gasteiger partial charge in [-0.15, -0.1) is 11.3 Å². The van der Waals surface area contributed by atoms with Gasteiger partial charge in [0.2, 0.25) is 5.91 Å². The summed E-state index contributed by atoms with van der Waals surface area (Å²) in [6.07, 6.45) is 4.41. The Morgan fingerprint density at radius 3 is 3.30 bits per heavy atom. The van der Waals surface area contributed by atoms with Crippen molar-refractivity contribution in [2.75, 3.05) is 5.32 Å². The number of thiophene rings is 1. The molecule has 0 spiro atoms. The maximum atomic E-state index is 12.5. The Bertz CT molecular complexity index is 694. The van der Waals surface area contributed by atoms with Gasteiger partial charge in [-0.05, 0) is 36.3 Å². The van der Waals surface area contributed by atoms with Crippen LogP contribution in [0.4, 0.5) is 5.82 Å². The molecule has 5 nitrogen and oxygen atoms in total. The molecule has 2 aromatic heterocycles. The SMILES string of the molecule is Cn1ncc(C#N)c1NC(=O)C1CCCc2sccc21. The van der Waals surface area contributed by atoms with Crippen molar-refractivity contribution in [2.24, 2.45) is 7.05 Å². The van der Waals surface area contributed by atoms with Gasteiger partial charge in [-0.2, -0.15) is 10.4 Å². The number of carbonyl (C=O) groups is 1.